The molecule has 0 saturated heterocycles. The van der Waals surface area contributed by atoms with Gasteiger partial charge in [0.05, 0.1) is 17.5 Å². The zero-order valence-corrected chi connectivity index (χ0v) is 11.2. The molecule has 0 aliphatic carbocycles. The number of hydrogen-bond acceptors (Lipinski definition) is 4. The van der Waals surface area contributed by atoms with Crippen LogP contribution in [0.15, 0.2) is 55.2 Å². The summed E-state index contributed by atoms with van der Waals surface area (Å²) in [5, 5.41) is 9.43. The topological polar surface area (TPSA) is 83.6 Å². The average molecular weight is 279 g/mol. The van der Waals surface area contributed by atoms with E-state index in [0.29, 0.717) is 12.1 Å². The minimum absolute atomic E-state index is 0.162. The quantitative estimate of drug-likeness (QED) is 0.762. The molecule has 0 spiro atoms. The smallest absolute Gasteiger partial charge is 0.253 e. The number of aromatic nitrogens is 4. The maximum absolute atomic E-state index is 12.0. The zero-order valence-electron chi connectivity index (χ0n) is 11.2. The Hall–Kier alpha value is -3.02. The van der Waals surface area contributed by atoms with Gasteiger partial charge in [-0.2, -0.15) is 5.10 Å². The predicted molar refractivity (Wildman–Crippen MR) is 77.2 cm³/mol. The van der Waals surface area contributed by atoms with Crippen LogP contribution in [0.1, 0.15) is 15.9 Å². The molecule has 1 amide bonds. The van der Waals surface area contributed by atoms with E-state index in [1.54, 1.807) is 43.1 Å². The molecule has 6 nitrogen and oxygen atoms in total. The Kier molecular flexibility index (Phi) is 3.68. The highest BCUT2D eigenvalue weighted by atomic mass is 16.1. The zero-order chi connectivity index (χ0) is 14.5. The molecule has 0 aliphatic heterocycles. The van der Waals surface area contributed by atoms with Crippen LogP contribution in [-0.4, -0.2) is 26.1 Å². The number of rotatable bonds is 4. The lowest BCUT2D eigenvalue weighted by atomic mass is 10.2. The number of carbonyl (C=O) groups excluding carboxylic acids is 1. The number of amides is 1. The number of aromatic amines is 1. The van der Waals surface area contributed by atoms with E-state index in [9.17, 15) is 4.79 Å². The molecule has 0 radical (unpaired) electrons. The normalized spacial score (nSPS) is 10.3. The van der Waals surface area contributed by atoms with Gasteiger partial charge in [-0.05, 0) is 23.8 Å². The van der Waals surface area contributed by atoms with Crippen molar-refractivity contribution in [3.8, 4) is 11.3 Å². The largest absolute Gasteiger partial charge is 0.348 e. The number of nitrogens with zero attached hydrogens (tertiary/aromatic N) is 3. The SMILES string of the molecule is O=C(NCc1cccnc1)c1ccc(-c2cn[nH]c2)nc1. The third kappa shape index (κ3) is 3.11. The van der Waals surface area contributed by atoms with Gasteiger partial charge in [-0.3, -0.25) is 19.9 Å². The van der Waals surface area contributed by atoms with Crippen molar-refractivity contribution in [3.05, 3.63) is 66.4 Å². The Morgan fingerprint density at radius 2 is 2.14 bits per heavy atom. The third-order valence-corrected chi connectivity index (χ3v) is 3.00. The summed E-state index contributed by atoms with van der Waals surface area (Å²) in [6.45, 7) is 0.441. The van der Waals surface area contributed by atoms with Crippen LogP contribution in [0.3, 0.4) is 0 Å². The number of pyridine rings is 2. The van der Waals surface area contributed by atoms with Gasteiger partial charge in [0, 0.05) is 36.9 Å². The van der Waals surface area contributed by atoms with E-state index in [2.05, 4.69) is 25.5 Å². The lowest BCUT2D eigenvalue weighted by Gasteiger charge is -2.05. The molecule has 3 aromatic heterocycles. The molecule has 0 bridgehead atoms. The Labute approximate surface area is 121 Å². The Bertz CT molecular complexity index is 708. The molecule has 0 aliphatic rings. The predicted octanol–water partition coefficient (Wildman–Crippen LogP) is 1.80. The number of nitrogens with one attached hydrogen (secondary N) is 2. The van der Waals surface area contributed by atoms with Crippen LogP contribution in [0.4, 0.5) is 0 Å². The molecule has 0 atom stereocenters. The van der Waals surface area contributed by atoms with Crippen LogP contribution in [0.5, 0.6) is 0 Å². The molecule has 2 N–H and O–H groups in total. The fourth-order valence-corrected chi connectivity index (χ4v) is 1.88. The van der Waals surface area contributed by atoms with Crippen LogP contribution in [-0.2, 0) is 6.54 Å². The fraction of sp³-hybridized carbons (Fsp3) is 0.0667. The van der Waals surface area contributed by atoms with E-state index < -0.39 is 0 Å². The van der Waals surface area contributed by atoms with E-state index >= 15 is 0 Å². The van der Waals surface area contributed by atoms with Crippen molar-refractivity contribution in [1.29, 1.82) is 0 Å². The molecule has 21 heavy (non-hydrogen) atoms. The molecule has 3 aromatic rings. The molecule has 3 heterocycles. The van der Waals surface area contributed by atoms with Gasteiger partial charge in [0.25, 0.3) is 5.91 Å². The summed E-state index contributed by atoms with van der Waals surface area (Å²) in [5.74, 6) is -0.162. The highest BCUT2D eigenvalue weighted by Crippen LogP contribution is 2.14. The van der Waals surface area contributed by atoms with Crippen LogP contribution < -0.4 is 5.32 Å². The van der Waals surface area contributed by atoms with Crippen molar-refractivity contribution >= 4 is 5.91 Å². The Morgan fingerprint density at radius 1 is 1.19 bits per heavy atom. The number of hydrogen-bond donors (Lipinski definition) is 2. The first-order chi connectivity index (χ1) is 10.3. The van der Waals surface area contributed by atoms with E-state index in [-0.39, 0.29) is 5.91 Å². The van der Waals surface area contributed by atoms with Gasteiger partial charge < -0.3 is 5.32 Å². The number of H-pyrrole nitrogens is 1. The molecular weight excluding hydrogens is 266 g/mol. The van der Waals surface area contributed by atoms with Crippen LogP contribution in [0, 0.1) is 0 Å². The van der Waals surface area contributed by atoms with Crippen molar-refractivity contribution in [3.63, 3.8) is 0 Å². The molecule has 104 valence electrons. The molecule has 6 heteroatoms. The van der Waals surface area contributed by atoms with E-state index in [4.69, 9.17) is 0 Å². The standard InChI is InChI=1S/C15H13N5O/c21-15(18-7-11-2-1-5-16-6-11)12-3-4-14(17-8-12)13-9-19-20-10-13/h1-6,8-10H,7H2,(H,18,21)(H,19,20). The van der Waals surface area contributed by atoms with Crippen molar-refractivity contribution in [1.82, 2.24) is 25.5 Å². The summed E-state index contributed by atoms with van der Waals surface area (Å²) in [6, 6.07) is 7.29. The first kappa shape index (κ1) is 13.0. The maximum atomic E-state index is 12.0. The Morgan fingerprint density at radius 3 is 2.81 bits per heavy atom. The second kappa shape index (κ2) is 5.96. The summed E-state index contributed by atoms with van der Waals surface area (Å²) in [5.41, 5.74) is 3.13. The number of carbonyl (C=O) groups is 1. The van der Waals surface area contributed by atoms with Crippen LogP contribution in [0.25, 0.3) is 11.3 Å². The van der Waals surface area contributed by atoms with Gasteiger partial charge in [-0.1, -0.05) is 6.07 Å². The van der Waals surface area contributed by atoms with E-state index in [1.165, 1.54) is 0 Å². The van der Waals surface area contributed by atoms with Crippen molar-refractivity contribution < 1.29 is 4.79 Å². The third-order valence-electron chi connectivity index (χ3n) is 3.00. The summed E-state index contributed by atoms with van der Waals surface area (Å²) >= 11 is 0. The highest BCUT2D eigenvalue weighted by molar-refractivity contribution is 5.94. The van der Waals surface area contributed by atoms with E-state index in [1.807, 2.05) is 12.1 Å². The summed E-state index contributed by atoms with van der Waals surface area (Å²) in [6.07, 6.45) is 8.42. The maximum Gasteiger partial charge on any atom is 0.253 e. The van der Waals surface area contributed by atoms with Gasteiger partial charge in [0.2, 0.25) is 0 Å². The van der Waals surface area contributed by atoms with E-state index in [0.717, 1.165) is 16.8 Å². The van der Waals surface area contributed by atoms with Gasteiger partial charge in [0.1, 0.15) is 0 Å². The van der Waals surface area contributed by atoms with Crippen LogP contribution >= 0.6 is 0 Å². The summed E-state index contributed by atoms with van der Waals surface area (Å²) in [7, 11) is 0. The Balaban J connectivity index is 1.65. The highest BCUT2D eigenvalue weighted by Gasteiger charge is 2.07. The first-order valence-electron chi connectivity index (χ1n) is 6.45. The van der Waals surface area contributed by atoms with Crippen molar-refractivity contribution in [2.45, 2.75) is 6.54 Å². The minimum Gasteiger partial charge on any atom is -0.348 e. The molecule has 3 rings (SSSR count). The van der Waals surface area contributed by atoms with Crippen molar-refractivity contribution in [2.24, 2.45) is 0 Å². The summed E-state index contributed by atoms with van der Waals surface area (Å²) < 4.78 is 0. The first-order valence-corrected chi connectivity index (χ1v) is 6.45. The second-order valence-corrected chi connectivity index (χ2v) is 4.46. The van der Waals surface area contributed by atoms with Crippen LogP contribution in [0.2, 0.25) is 0 Å². The van der Waals surface area contributed by atoms with Gasteiger partial charge in [-0.15, -0.1) is 0 Å². The lowest BCUT2D eigenvalue weighted by Crippen LogP contribution is -2.22. The molecule has 0 fully saturated rings. The van der Waals surface area contributed by atoms with Crippen molar-refractivity contribution in [2.75, 3.05) is 0 Å². The fourth-order valence-electron chi connectivity index (χ4n) is 1.88. The molecule has 0 aromatic carbocycles. The minimum atomic E-state index is -0.162. The second-order valence-electron chi connectivity index (χ2n) is 4.46. The van der Waals surface area contributed by atoms with Gasteiger partial charge in [0.15, 0.2) is 0 Å². The van der Waals surface area contributed by atoms with Gasteiger partial charge in [-0.25, -0.2) is 0 Å². The molecule has 0 unspecified atom stereocenters. The average Bonchev–Trinajstić information content (AvgIpc) is 3.08. The molecule has 0 saturated carbocycles. The monoisotopic (exact) mass is 279 g/mol. The summed E-state index contributed by atoms with van der Waals surface area (Å²) in [4.78, 5) is 20.3. The molecular formula is C15H13N5O. The lowest BCUT2D eigenvalue weighted by molar-refractivity contribution is 0.0950. The van der Waals surface area contributed by atoms with Gasteiger partial charge >= 0.3 is 0 Å².